The highest BCUT2D eigenvalue weighted by atomic mass is 35.5. The molecule has 3 N–H and O–H groups in total. The molecule has 7 nitrogen and oxygen atoms in total. The number of nitrogens with zero attached hydrogens (tertiary/aromatic N) is 1. The molecule has 0 aliphatic carbocycles. The summed E-state index contributed by atoms with van der Waals surface area (Å²) < 4.78 is 6.55. The molecular formula is C19H27ClN4O3S. The van der Waals surface area contributed by atoms with Crippen molar-refractivity contribution in [3.63, 3.8) is 0 Å². The van der Waals surface area contributed by atoms with Crippen LogP contribution in [0.5, 0.6) is 0 Å². The molecule has 0 unspecified atom stereocenters. The number of rotatable bonds is 9. The van der Waals surface area contributed by atoms with Crippen molar-refractivity contribution >= 4 is 45.9 Å². The number of hydrogen-bond acceptors (Lipinski definition) is 4. The predicted octanol–water partition coefficient (Wildman–Crippen LogP) is 3.35. The second-order valence-electron chi connectivity index (χ2n) is 6.87. The number of oxazole rings is 1. The van der Waals surface area contributed by atoms with Gasteiger partial charge in [0, 0.05) is 30.6 Å². The van der Waals surface area contributed by atoms with E-state index in [4.69, 9.17) is 28.2 Å². The number of hydrazine groups is 1. The van der Waals surface area contributed by atoms with Crippen LogP contribution in [0.4, 0.5) is 0 Å². The minimum Gasteiger partial charge on any atom is -0.408 e. The van der Waals surface area contributed by atoms with Crippen molar-refractivity contribution in [2.24, 2.45) is 5.92 Å². The number of thiocarbonyl (C=S) groups is 1. The molecule has 154 valence electrons. The second kappa shape index (κ2) is 11.1. The summed E-state index contributed by atoms with van der Waals surface area (Å²) in [4.78, 5) is 24.0. The topological polar surface area (TPSA) is 88.3 Å². The number of benzene rings is 1. The van der Waals surface area contributed by atoms with E-state index in [1.807, 2.05) is 0 Å². The summed E-state index contributed by atoms with van der Waals surface area (Å²) in [6, 6.07) is 4.94. The van der Waals surface area contributed by atoms with Gasteiger partial charge in [0.2, 0.25) is 5.91 Å². The van der Waals surface area contributed by atoms with Crippen molar-refractivity contribution in [3.8, 4) is 0 Å². The van der Waals surface area contributed by atoms with Crippen molar-refractivity contribution in [1.29, 1.82) is 0 Å². The van der Waals surface area contributed by atoms with Gasteiger partial charge < -0.3 is 9.73 Å². The Morgan fingerprint density at radius 1 is 1.32 bits per heavy atom. The summed E-state index contributed by atoms with van der Waals surface area (Å²) in [7, 11) is 0. The van der Waals surface area contributed by atoms with Gasteiger partial charge in [-0.05, 0) is 36.7 Å². The smallest absolute Gasteiger partial charge is 0.408 e. The summed E-state index contributed by atoms with van der Waals surface area (Å²) in [6.07, 6.45) is 4.91. The van der Waals surface area contributed by atoms with E-state index in [0.29, 0.717) is 27.2 Å². The zero-order valence-corrected chi connectivity index (χ0v) is 17.8. The number of amides is 1. The Hall–Kier alpha value is -2.06. The zero-order valence-electron chi connectivity index (χ0n) is 16.2. The molecule has 1 aromatic heterocycles. The molecule has 1 amide bonds. The van der Waals surface area contributed by atoms with Crippen LogP contribution in [0.25, 0.3) is 11.1 Å². The summed E-state index contributed by atoms with van der Waals surface area (Å²) in [5.41, 5.74) is 6.22. The third-order valence-corrected chi connectivity index (χ3v) is 4.90. The number of aryl methyl sites for hydroxylation is 1. The number of fused-ring (bicyclic) bond motifs is 1. The highest BCUT2D eigenvalue weighted by Gasteiger charge is 2.11. The molecular weight excluding hydrogens is 400 g/mol. The van der Waals surface area contributed by atoms with Crippen LogP contribution >= 0.6 is 23.8 Å². The van der Waals surface area contributed by atoms with E-state index in [1.54, 1.807) is 18.2 Å². The number of carbonyl (C=O) groups is 1. The fraction of sp³-hybridized carbons (Fsp3) is 0.526. The molecule has 1 heterocycles. The van der Waals surface area contributed by atoms with E-state index in [9.17, 15) is 9.59 Å². The maximum Gasteiger partial charge on any atom is 0.419 e. The average Bonchev–Trinajstić information content (AvgIpc) is 2.97. The minimum atomic E-state index is -0.521. The largest absolute Gasteiger partial charge is 0.419 e. The Kier molecular flexibility index (Phi) is 8.79. The van der Waals surface area contributed by atoms with E-state index in [1.165, 1.54) is 23.8 Å². The lowest BCUT2D eigenvalue weighted by Gasteiger charge is -2.15. The first-order valence-electron chi connectivity index (χ1n) is 9.52. The summed E-state index contributed by atoms with van der Waals surface area (Å²) in [5.74, 6) is -0.292. The normalized spacial score (nSPS) is 12.0. The Morgan fingerprint density at radius 3 is 2.86 bits per heavy atom. The lowest BCUT2D eigenvalue weighted by Crippen LogP contribution is -2.47. The number of nitrogens with one attached hydrogen (secondary N) is 3. The number of aromatic nitrogens is 1. The Balaban J connectivity index is 1.72. The Labute approximate surface area is 174 Å². The highest BCUT2D eigenvalue weighted by Crippen LogP contribution is 2.18. The van der Waals surface area contributed by atoms with Gasteiger partial charge in [-0.1, -0.05) is 44.7 Å². The van der Waals surface area contributed by atoms with Gasteiger partial charge in [0.05, 0.1) is 5.52 Å². The third kappa shape index (κ3) is 6.83. The van der Waals surface area contributed by atoms with Gasteiger partial charge in [0.15, 0.2) is 10.7 Å². The van der Waals surface area contributed by atoms with Crippen molar-refractivity contribution in [2.75, 3.05) is 6.54 Å². The number of unbranched alkanes of at least 4 members (excludes halogenated alkanes) is 2. The summed E-state index contributed by atoms with van der Waals surface area (Å²) >= 11 is 11.1. The van der Waals surface area contributed by atoms with Gasteiger partial charge >= 0.3 is 5.76 Å². The van der Waals surface area contributed by atoms with E-state index < -0.39 is 5.76 Å². The first-order chi connectivity index (χ1) is 13.4. The van der Waals surface area contributed by atoms with E-state index in [0.717, 1.165) is 13.0 Å². The van der Waals surface area contributed by atoms with Crippen molar-refractivity contribution in [3.05, 3.63) is 33.8 Å². The van der Waals surface area contributed by atoms with Crippen LogP contribution in [0, 0.1) is 5.92 Å². The van der Waals surface area contributed by atoms with E-state index in [-0.39, 0.29) is 18.9 Å². The van der Waals surface area contributed by atoms with E-state index in [2.05, 4.69) is 30.0 Å². The van der Waals surface area contributed by atoms with E-state index >= 15 is 0 Å². The number of carbonyl (C=O) groups excluding carboxylic acids is 1. The molecule has 1 atom stereocenters. The molecule has 28 heavy (non-hydrogen) atoms. The number of halogens is 1. The van der Waals surface area contributed by atoms with Crippen LogP contribution in [0.3, 0.4) is 0 Å². The van der Waals surface area contributed by atoms with Gasteiger partial charge in [0.25, 0.3) is 0 Å². The molecule has 0 aliphatic heterocycles. The molecule has 0 radical (unpaired) electrons. The molecule has 0 saturated carbocycles. The quantitative estimate of drug-likeness (QED) is 0.324. The van der Waals surface area contributed by atoms with Gasteiger partial charge in [-0.2, -0.15) is 0 Å². The molecule has 1 aromatic carbocycles. The van der Waals surface area contributed by atoms with Gasteiger partial charge in [-0.25, -0.2) is 4.79 Å². The summed E-state index contributed by atoms with van der Waals surface area (Å²) in [6.45, 7) is 5.30. The van der Waals surface area contributed by atoms with Crippen LogP contribution in [0.1, 0.15) is 46.0 Å². The average molecular weight is 427 g/mol. The lowest BCUT2D eigenvalue weighted by molar-refractivity contribution is -0.121. The van der Waals surface area contributed by atoms with Crippen LogP contribution < -0.4 is 21.9 Å². The third-order valence-electron chi connectivity index (χ3n) is 4.42. The van der Waals surface area contributed by atoms with Gasteiger partial charge in [-0.3, -0.25) is 20.2 Å². The SMILES string of the molecule is CCCCC[C@H](C)CNC(=S)NNC(=O)CCn1c(=O)oc2cc(Cl)ccc21. The molecule has 2 rings (SSSR count). The van der Waals surface area contributed by atoms with Crippen LogP contribution in [-0.4, -0.2) is 22.1 Å². The molecule has 0 saturated heterocycles. The van der Waals surface area contributed by atoms with Crippen LogP contribution in [0.2, 0.25) is 5.02 Å². The van der Waals surface area contributed by atoms with Crippen molar-refractivity contribution in [2.45, 2.75) is 52.5 Å². The van der Waals surface area contributed by atoms with Gasteiger partial charge in [0.1, 0.15) is 0 Å². The van der Waals surface area contributed by atoms with Gasteiger partial charge in [-0.15, -0.1) is 0 Å². The maximum atomic E-state index is 12.0. The standard InChI is InChI=1S/C19H27ClN4O3S/c1-3-4-5-6-13(2)12-21-18(28)23-22-17(25)9-10-24-15-8-7-14(20)11-16(15)27-19(24)26/h7-8,11,13H,3-6,9-10,12H2,1-2H3,(H,22,25)(H2,21,23,28)/t13-/m0/s1. The number of hydrogen-bond donors (Lipinski definition) is 3. The lowest BCUT2D eigenvalue weighted by atomic mass is 10.0. The fourth-order valence-corrected chi connectivity index (χ4v) is 3.11. The van der Waals surface area contributed by atoms with Crippen molar-refractivity contribution in [1.82, 2.24) is 20.7 Å². The summed E-state index contributed by atoms with van der Waals surface area (Å²) in [5, 5.41) is 3.95. The second-order valence-corrected chi connectivity index (χ2v) is 7.71. The highest BCUT2D eigenvalue weighted by molar-refractivity contribution is 7.80. The molecule has 0 fully saturated rings. The first-order valence-corrected chi connectivity index (χ1v) is 10.3. The Bertz CT molecular complexity index is 864. The molecule has 2 aromatic rings. The van der Waals surface area contributed by atoms with Crippen LogP contribution in [-0.2, 0) is 11.3 Å². The van der Waals surface area contributed by atoms with Crippen LogP contribution in [0.15, 0.2) is 27.4 Å². The molecule has 0 spiro atoms. The minimum absolute atomic E-state index is 0.0974. The van der Waals surface area contributed by atoms with Crippen molar-refractivity contribution < 1.29 is 9.21 Å². The fourth-order valence-electron chi connectivity index (χ4n) is 2.81. The zero-order chi connectivity index (χ0) is 20.5. The molecule has 0 aliphatic rings. The first kappa shape index (κ1) is 22.2. The molecule has 0 bridgehead atoms. The molecule has 9 heteroatoms. The maximum absolute atomic E-state index is 12.0. The predicted molar refractivity (Wildman–Crippen MR) is 115 cm³/mol. The monoisotopic (exact) mass is 426 g/mol. The Morgan fingerprint density at radius 2 is 2.11 bits per heavy atom.